The summed E-state index contributed by atoms with van der Waals surface area (Å²) in [5, 5.41) is 8.58. The molecule has 0 bridgehead atoms. The van der Waals surface area contributed by atoms with Gasteiger partial charge in [-0.25, -0.2) is 27.8 Å². The molecule has 1 aliphatic heterocycles. The molecule has 0 atom stereocenters. The van der Waals surface area contributed by atoms with E-state index in [1.165, 1.54) is 30.3 Å². The van der Waals surface area contributed by atoms with Gasteiger partial charge in [0.15, 0.2) is 5.82 Å². The molecule has 0 saturated heterocycles. The van der Waals surface area contributed by atoms with Gasteiger partial charge in [-0.3, -0.25) is 4.79 Å². The van der Waals surface area contributed by atoms with Gasteiger partial charge >= 0.3 is 6.03 Å². The van der Waals surface area contributed by atoms with E-state index in [-0.39, 0.29) is 18.3 Å². The Morgan fingerprint density at radius 2 is 1.69 bits per heavy atom. The van der Waals surface area contributed by atoms with E-state index in [4.69, 9.17) is 4.98 Å². The molecule has 0 aliphatic carbocycles. The lowest BCUT2D eigenvalue weighted by atomic mass is 9.97. The smallest absolute Gasteiger partial charge is 0.328 e. The van der Waals surface area contributed by atoms with Gasteiger partial charge in [0.25, 0.3) is 5.91 Å². The average molecular weight is 620 g/mol. The molecule has 236 valence electrons. The third kappa shape index (κ3) is 7.58. The SMILES string of the molecule is CC.Cc1ccc(C(=O)Nc2ccc(F)cc2)cc1-c1nc(NCCCN(C)C)nc2c1CNC(=O)N2c1c(F)cccc1F. The monoisotopic (exact) mass is 619 g/mol. The Bertz CT molecular complexity index is 1660. The predicted octanol–water partition coefficient (Wildman–Crippen LogP) is 6.87. The molecule has 9 nitrogen and oxygen atoms in total. The summed E-state index contributed by atoms with van der Waals surface area (Å²) in [4.78, 5) is 38.4. The molecule has 0 saturated carbocycles. The molecular weight excluding hydrogens is 583 g/mol. The molecule has 3 amide bonds. The van der Waals surface area contributed by atoms with E-state index in [2.05, 4.69) is 20.9 Å². The molecule has 0 unspecified atom stereocenters. The van der Waals surface area contributed by atoms with Crippen LogP contribution in [0.15, 0.2) is 60.7 Å². The van der Waals surface area contributed by atoms with Crippen molar-refractivity contribution in [3.05, 3.63) is 94.8 Å². The van der Waals surface area contributed by atoms with Crippen molar-refractivity contribution in [1.82, 2.24) is 20.2 Å². The maximum atomic E-state index is 15.0. The lowest BCUT2D eigenvalue weighted by molar-refractivity contribution is 0.102. The van der Waals surface area contributed by atoms with Crippen molar-refractivity contribution in [2.75, 3.05) is 42.7 Å². The van der Waals surface area contributed by atoms with Crippen LogP contribution in [0.4, 0.5) is 41.1 Å². The van der Waals surface area contributed by atoms with Crippen LogP contribution in [0.5, 0.6) is 0 Å². The molecule has 5 rings (SSSR count). The van der Waals surface area contributed by atoms with Crippen molar-refractivity contribution in [2.45, 2.75) is 33.7 Å². The number of aromatic nitrogens is 2. The number of carbonyl (C=O) groups excluding carboxylic acids is 2. The number of benzene rings is 3. The summed E-state index contributed by atoms with van der Waals surface area (Å²) >= 11 is 0. The Kier molecular flexibility index (Phi) is 10.7. The molecule has 0 radical (unpaired) electrons. The number of hydrogen-bond donors (Lipinski definition) is 3. The number of nitrogens with zero attached hydrogens (tertiary/aromatic N) is 4. The van der Waals surface area contributed by atoms with Crippen LogP contribution >= 0.6 is 0 Å². The lowest BCUT2D eigenvalue weighted by Gasteiger charge is -2.31. The van der Waals surface area contributed by atoms with Crippen LogP contribution < -0.4 is 20.9 Å². The number of anilines is 4. The standard InChI is InChI=1S/C31H30F3N7O2.C2H6/c1-18-8-9-19(29(42)37-21-12-10-20(32)11-13-21)16-22(18)26-23-17-36-31(43)41(27-24(33)6-4-7-25(27)34)28(23)39-30(38-26)35-14-5-15-40(2)3;1-2/h4,6-13,16H,5,14-15,17H2,1-3H3,(H,36,43)(H,37,42)(H,35,38,39);1-2H3. The van der Waals surface area contributed by atoms with Gasteiger partial charge in [0.05, 0.1) is 12.2 Å². The topological polar surface area (TPSA) is 102 Å². The van der Waals surface area contributed by atoms with Gasteiger partial charge in [-0.1, -0.05) is 26.0 Å². The minimum Gasteiger partial charge on any atom is -0.354 e. The van der Waals surface area contributed by atoms with Gasteiger partial charge in [-0.05, 0) is 88.1 Å². The van der Waals surface area contributed by atoms with E-state index in [1.54, 1.807) is 18.2 Å². The van der Waals surface area contributed by atoms with E-state index >= 15 is 0 Å². The van der Waals surface area contributed by atoms with Gasteiger partial charge in [-0.2, -0.15) is 4.98 Å². The first-order chi connectivity index (χ1) is 21.6. The second kappa shape index (κ2) is 14.7. The molecule has 3 aromatic carbocycles. The minimum atomic E-state index is -0.931. The summed E-state index contributed by atoms with van der Waals surface area (Å²) in [6.45, 7) is 7.12. The van der Waals surface area contributed by atoms with Crippen molar-refractivity contribution >= 4 is 35.1 Å². The first kappa shape index (κ1) is 32.9. The zero-order chi connectivity index (χ0) is 32.7. The number of nitrogens with one attached hydrogen (secondary N) is 3. The Morgan fingerprint density at radius 3 is 2.36 bits per heavy atom. The highest BCUT2D eigenvalue weighted by molar-refractivity contribution is 6.05. The number of rotatable bonds is 9. The Hall–Kier alpha value is -4.97. The van der Waals surface area contributed by atoms with Crippen molar-refractivity contribution in [3.63, 3.8) is 0 Å². The van der Waals surface area contributed by atoms with Crippen LogP contribution in [-0.4, -0.2) is 54.0 Å². The number of aryl methyl sites for hydroxylation is 1. The van der Waals surface area contributed by atoms with Crippen molar-refractivity contribution < 1.29 is 22.8 Å². The van der Waals surface area contributed by atoms with Crippen LogP contribution in [0.2, 0.25) is 0 Å². The van der Waals surface area contributed by atoms with Crippen LogP contribution in [0.1, 0.15) is 41.8 Å². The highest BCUT2D eigenvalue weighted by Gasteiger charge is 2.34. The van der Waals surface area contributed by atoms with Gasteiger partial charge < -0.3 is 20.9 Å². The molecule has 2 heterocycles. The number of hydrogen-bond acceptors (Lipinski definition) is 6. The number of halogens is 3. The highest BCUT2D eigenvalue weighted by atomic mass is 19.1. The molecule has 45 heavy (non-hydrogen) atoms. The second-order valence-electron chi connectivity index (χ2n) is 10.3. The van der Waals surface area contributed by atoms with Gasteiger partial charge in [0, 0.05) is 28.9 Å². The van der Waals surface area contributed by atoms with Crippen molar-refractivity contribution in [2.24, 2.45) is 0 Å². The number of para-hydroxylation sites is 1. The summed E-state index contributed by atoms with van der Waals surface area (Å²) in [5.74, 6) is -2.54. The Morgan fingerprint density at radius 1 is 1.00 bits per heavy atom. The minimum absolute atomic E-state index is 0.0115. The summed E-state index contributed by atoms with van der Waals surface area (Å²) in [5.41, 5.74) is 2.28. The first-order valence-electron chi connectivity index (χ1n) is 14.6. The third-order valence-corrected chi connectivity index (χ3v) is 6.90. The molecule has 0 fully saturated rings. The maximum absolute atomic E-state index is 15.0. The first-order valence-corrected chi connectivity index (χ1v) is 14.6. The quantitative estimate of drug-likeness (QED) is 0.177. The van der Waals surface area contributed by atoms with Crippen molar-refractivity contribution in [3.8, 4) is 11.3 Å². The summed E-state index contributed by atoms with van der Waals surface area (Å²) < 4.78 is 43.3. The molecular formula is C33H36F3N7O2. The summed E-state index contributed by atoms with van der Waals surface area (Å²) in [6, 6.07) is 13.0. The number of urea groups is 1. The van der Waals surface area contributed by atoms with E-state index in [9.17, 15) is 22.8 Å². The Balaban J connectivity index is 0.00000226. The van der Waals surface area contributed by atoms with Crippen LogP contribution in [-0.2, 0) is 6.54 Å². The lowest BCUT2D eigenvalue weighted by Crippen LogP contribution is -2.43. The molecule has 3 N–H and O–H groups in total. The average Bonchev–Trinajstić information content (AvgIpc) is 3.02. The fraction of sp³-hybridized carbons (Fsp3) is 0.273. The Labute approximate surface area is 260 Å². The highest BCUT2D eigenvalue weighted by Crippen LogP contribution is 2.39. The van der Waals surface area contributed by atoms with Crippen LogP contribution in [0.25, 0.3) is 11.3 Å². The fourth-order valence-corrected chi connectivity index (χ4v) is 4.72. The number of carbonyl (C=O) groups is 2. The van der Waals surface area contributed by atoms with Gasteiger partial charge in [0.1, 0.15) is 23.1 Å². The van der Waals surface area contributed by atoms with Crippen molar-refractivity contribution in [1.29, 1.82) is 0 Å². The van der Waals surface area contributed by atoms with Gasteiger partial charge in [-0.15, -0.1) is 0 Å². The van der Waals surface area contributed by atoms with E-state index in [0.29, 0.717) is 34.6 Å². The molecule has 12 heteroatoms. The van der Waals surface area contributed by atoms with Gasteiger partial charge in [0.2, 0.25) is 5.95 Å². The fourth-order valence-electron chi connectivity index (χ4n) is 4.72. The zero-order valence-electron chi connectivity index (χ0n) is 25.8. The number of amides is 3. The summed E-state index contributed by atoms with van der Waals surface area (Å²) in [6.07, 6.45) is 0.757. The predicted molar refractivity (Wildman–Crippen MR) is 170 cm³/mol. The molecule has 0 spiro atoms. The summed E-state index contributed by atoms with van der Waals surface area (Å²) in [7, 11) is 3.91. The largest absolute Gasteiger partial charge is 0.354 e. The van der Waals surface area contributed by atoms with Crippen LogP contribution in [0, 0.1) is 24.4 Å². The third-order valence-electron chi connectivity index (χ3n) is 6.90. The van der Waals surface area contributed by atoms with Crippen LogP contribution in [0.3, 0.4) is 0 Å². The second-order valence-corrected chi connectivity index (χ2v) is 10.3. The molecule has 1 aromatic heterocycles. The normalized spacial score (nSPS) is 12.2. The van der Waals surface area contributed by atoms with E-state index in [1.807, 2.05) is 39.8 Å². The van der Waals surface area contributed by atoms with E-state index in [0.717, 1.165) is 35.6 Å². The molecule has 4 aromatic rings. The van der Waals surface area contributed by atoms with E-state index < -0.39 is 35.1 Å². The maximum Gasteiger partial charge on any atom is 0.328 e. The number of fused-ring (bicyclic) bond motifs is 1. The molecule has 1 aliphatic rings. The zero-order valence-corrected chi connectivity index (χ0v) is 25.8.